The Bertz CT molecular complexity index is 259. The molecule has 0 spiro atoms. The Morgan fingerprint density at radius 1 is 1.14 bits per heavy atom. The van der Waals surface area contributed by atoms with Gasteiger partial charge in [0.15, 0.2) is 5.78 Å². The summed E-state index contributed by atoms with van der Waals surface area (Å²) in [6.45, 7) is 0.760. The molecule has 1 aliphatic carbocycles. The smallest absolute Gasteiger partial charge is 0.187 e. The summed E-state index contributed by atoms with van der Waals surface area (Å²) < 4.78 is 5.18. The summed E-state index contributed by atoms with van der Waals surface area (Å²) in [5.41, 5.74) is 1.87. The highest BCUT2D eigenvalue weighted by Gasteiger charge is 2.18. The molecule has 2 nitrogen and oxygen atoms in total. The molecule has 2 rings (SSSR count). The summed E-state index contributed by atoms with van der Waals surface area (Å²) in [5.74, 6) is 0.226. The molecule has 2 aliphatic rings. The molecule has 0 saturated carbocycles. The summed E-state index contributed by atoms with van der Waals surface area (Å²) in [4.78, 5) is 11.9. The average molecular weight is 192 g/mol. The van der Waals surface area contributed by atoms with Crippen LogP contribution in [-0.2, 0) is 9.53 Å². The highest BCUT2D eigenvalue weighted by molar-refractivity contribution is 6.08. The van der Waals surface area contributed by atoms with E-state index in [1.165, 1.54) is 6.42 Å². The number of carbonyl (C=O) groups excluding carboxylic acids is 1. The largest absolute Gasteiger partial charge is 0.501 e. The van der Waals surface area contributed by atoms with Crippen molar-refractivity contribution in [3.8, 4) is 0 Å². The van der Waals surface area contributed by atoms with Crippen molar-refractivity contribution in [2.45, 2.75) is 38.5 Å². The zero-order chi connectivity index (χ0) is 9.80. The topological polar surface area (TPSA) is 26.3 Å². The van der Waals surface area contributed by atoms with E-state index in [1.807, 2.05) is 0 Å². The molecule has 0 amide bonds. The lowest BCUT2D eigenvalue weighted by molar-refractivity contribution is -0.112. The SMILES string of the molecule is O=C(C1=CCCCC1)C1=COCCC1. The molecule has 1 heterocycles. The van der Waals surface area contributed by atoms with Gasteiger partial charge in [0.25, 0.3) is 0 Å². The van der Waals surface area contributed by atoms with E-state index in [1.54, 1.807) is 6.26 Å². The number of hydrogen-bond acceptors (Lipinski definition) is 2. The van der Waals surface area contributed by atoms with Crippen LogP contribution in [0.5, 0.6) is 0 Å². The number of hydrogen-bond donors (Lipinski definition) is 0. The summed E-state index contributed by atoms with van der Waals surface area (Å²) in [6, 6.07) is 0. The fourth-order valence-electron chi connectivity index (χ4n) is 1.98. The van der Waals surface area contributed by atoms with Crippen molar-refractivity contribution in [2.75, 3.05) is 6.61 Å². The molecule has 0 atom stereocenters. The van der Waals surface area contributed by atoms with Crippen LogP contribution in [0.1, 0.15) is 38.5 Å². The number of carbonyl (C=O) groups is 1. The van der Waals surface area contributed by atoms with Gasteiger partial charge in [-0.15, -0.1) is 0 Å². The molecular formula is C12H16O2. The van der Waals surface area contributed by atoms with Crippen LogP contribution in [0.2, 0.25) is 0 Å². The Morgan fingerprint density at radius 2 is 2.00 bits per heavy atom. The van der Waals surface area contributed by atoms with Crippen molar-refractivity contribution in [1.82, 2.24) is 0 Å². The maximum atomic E-state index is 11.9. The fourth-order valence-corrected chi connectivity index (χ4v) is 1.98. The molecule has 0 aromatic heterocycles. The van der Waals surface area contributed by atoms with Crippen LogP contribution in [0.4, 0.5) is 0 Å². The van der Waals surface area contributed by atoms with Gasteiger partial charge >= 0.3 is 0 Å². The summed E-state index contributed by atoms with van der Waals surface area (Å²) >= 11 is 0. The molecule has 1 aliphatic heterocycles. The minimum atomic E-state index is 0.226. The van der Waals surface area contributed by atoms with Gasteiger partial charge in [0.1, 0.15) is 0 Å². The van der Waals surface area contributed by atoms with E-state index < -0.39 is 0 Å². The van der Waals surface area contributed by atoms with Crippen LogP contribution in [-0.4, -0.2) is 12.4 Å². The Kier molecular flexibility index (Phi) is 3.02. The molecule has 0 unspecified atom stereocenters. The van der Waals surface area contributed by atoms with Crippen molar-refractivity contribution in [2.24, 2.45) is 0 Å². The van der Waals surface area contributed by atoms with E-state index in [4.69, 9.17) is 4.74 Å². The van der Waals surface area contributed by atoms with Crippen molar-refractivity contribution in [3.05, 3.63) is 23.5 Å². The van der Waals surface area contributed by atoms with Gasteiger partial charge < -0.3 is 4.74 Å². The predicted octanol–water partition coefficient (Wildman–Crippen LogP) is 2.75. The Labute approximate surface area is 84.6 Å². The van der Waals surface area contributed by atoms with Crippen LogP contribution in [0.25, 0.3) is 0 Å². The van der Waals surface area contributed by atoms with E-state index in [2.05, 4.69) is 6.08 Å². The maximum Gasteiger partial charge on any atom is 0.187 e. The minimum absolute atomic E-state index is 0.226. The number of Topliss-reactive ketones (excluding diaryl/α,β-unsaturated/α-hetero) is 1. The highest BCUT2D eigenvalue weighted by Crippen LogP contribution is 2.23. The molecule has 0 N–H and O–H groups in total. The summed E-state index contributed by atoms with van der Waals surface area (Å²) in [7, 11) is 0. The van der Waals surface area contributed by atoms with Crippen molar-refractivity contribution in [1.29, 1.82) is 0 Å². The fraction of sp³-hybridized carbons (Fsp3) is 0.583. The number of rotatable bonds is 2. The van der Waals surface area contributed by atoms with E-state index in [9.17, 15) is 4.79 Å². The molecule has 0 aromatic rings. The molecule has 76 valence electrons. The van der Waals surface area contributed by atoms with Gasteiger partial charge in [0.2, 0.25) is 0 Å². The van der Waals surface area contributed by atoms with Gasteiger partial charge in [-0.05, 0) is 44.1 Å². The maximum absolute atomic E-state index is 11.9. The van der Waals surface area contributed by atoms with E-state index in [0.717, 1.165) is 49.9 Å². The molecule has 0 fully saturated rings. The lowest BCUT2D eigenvalue weighted by atomic mass is 9.91. The zero-order valence-corrected chi connectivity index (χ0v) is 8.42. The number of ether oxygens (including phenoxy) is 1. The molecule has 14 heavy (non-hydrogen) atoms. The molecule has 0 saturated heterocycles. The van der Waals surface area contributed by atoms with Gasteiger partial charge in [-0.2, -0.15) is 0 Å². The molecular weight excluding hydrogens is 176 g/mol. The third kappa shape index (κ3) is 2.06. The Hall–Kier alpha value is -1.05. The molecule has 2 heteroatoms. The predicted molar refractivity (Wildman–Crippen MR) is 54.8 cm³/mol. The minimum Gasteiger partial charge on any atom is -0.501 e. The Morgan fingerprint density at radius 3 is 2.64 bits per heavy atom. The summed E-state index contributed by atoms with van der Waals surface area (Å²) in [5, 5.41) is 0. The second kappa shape index (κ2) is 4.45. The lowest BCUT2D eigenvalue weighted by Gasteiger charge is -2.16. The number of ketones is 1. The second-order valence-corrected chi connectivity index (χ2v) is 3.92. The first-order chi connectivity index (χ1) is 6.88. The van der Waals surface area contributed by atoms with Crippen molar-refractivity contribution >= 4 is 5.78 Å². The highest BCUT2D eigenvalue weighted by atomic mass is 16.5. The van der Waals surface area contributed by atoms with Crippen molar-refractivity contribution in [3.63, 3.8) is 0 Å². The van der Waals surface area contributed by atoms with E-state index in [-0.39, 0.29) is 5.78 Å². The zero-order valence-electron chi connectivity index (χ0n) is 8.42. The van der Waals surface area contributed by atoms with Crippen LogP contribution < -0.4 is 0 Å². The van der Waals surface area contributed by atoms with Crippen LogP contribution >= 0.6 is 0 Å². The van der Waals surface area contributed by atoms with Crippen LogP contribution in [0.3, 0.4) is 0 Å². The third-order valence-corrected chi connectivity index (χ3v) is 2.81. The van der Waals surface area contributed by atoms with Crippen molar-refractivity contribution < 1.29 is 9.53 Å². The third-order valence-electron chi connectivity index (χ3n) is 2.81. The lowest BCUT2D eigenvalue weighted by Crippen LogP contribution is -2.12. The van der Waals surface area contributed by atoms with E-state index >= 15 is 0 Å². The first kappa shape index (κ1) is 9.50. The molecule has 0 radical (unpaired) electrons. The second-order valence-electron chi connectivity index (χ2n) is 3.92. The summed E-state index contributed by atoms with van der Waals surface area (Å²) in [6.07, 6.45) is 10.0. The molecule has 0 bridgehead atoms. The van der Waals surface area contributed by atoms with Gasteiger partial charge in [-0.3, -0.25) is 4.79 Å². The van der Waals surface area contributed by atoms with Crippen LogP contribution in [0, 0.1) is 0 Å². The van der Waals surface area contributed by atoms with Crippen LogP contribution in [0.15, 0.2) is 23.5 Å². The van der Waals surface area contributed by atoms with Gasteiger partial charge in [-0.25, -0.2) is 0 Å². The first-order valence-corrected chi connectivity index (χ1v) is 5.42. The first-order valence-electron chi connectivity index (χ1n) is 5.42. The van der Waals surface area contributed by atoms with Gasteiger partial charge in [0.05, 0.1) is 12.9 Å². The standard InChI is InChI=1S/C12H16O2/c13-12(10-5-2-1-3-6-10)11-7-4-8-14-9-11/h5,9H,1-4,6-8H2. The molecule has 0 aromatic carbocycles. The monoisotopic (exact) mass is 192 g/mol. The average Bonchev–Trinajstić information content (AvgIpc) is 2.30. The van der Waals surface area contributed by atoms with E-state index in [0.29, 0.717) is 0 Å². The number of allylic oxidation sites excluding steroid dienone is 3. The van der Waals surface area contributed by atoms with Gasteiger partial charge in [-0.1, -0.05) is 6.08 Å². The Balaban J connectivity index is 2.06. The van der Waals surface area contributed by atoms with Gasteiger partial charge in [0, 0.05) is 5.57 Å². The normalized spacial score (nSPS) is 22.0. The quantitative estimate of drug-likeness (QED) is 0.672.